The van der Waals surface area contributed by atoms with E-state index in [1.165, 1.54) is 16.7 Å². The van der Waals surface area contributed by atoms with Gasteiger partial charge in [0, 0.05) is 50.3 Å². The highest BCUT2D eigenvalue weighted by Gasteiger charge is 2.26. The number of likely N-dealkylation sites (N-methyl/N-ethyl adjacent to an activating group) is 1. The fraction of sp³-hybridized carbons (Fsp3) is 0.436. The first-order chi connectivity index (χ1) is 21.2. The topological polar surface area (TPSA) is 52.2 Å². The number of allylic oxidation sites excluding steroid dienone is 3. The van der Waals surface area contributed by atoms with Crippen LogP contribution in [0.15, 0.2) is 84.0 Å². The average Bonchev–Trinajstić information content (AvgIpc) is 3.49. The van der Waals surface area contributed by atoms with Gasteiger partial charge in [0.05, 0.1) is 11.6 Å². The van der Waals surface area contributed by atoms with Gasteiger partial charge in [-0.05, 0) is 68.5 Å². The zero-order valence-corrected chi connectivity index (χ0v) is 28.0. The molecule has 1 amide bonds. The number of aryl methyl sites for hydroxylation is 1. The molecule has 3 aromatic rings. The van der Waals surface area contributed by atoms with Crippen molar-refractivity contribution in [2.24, 2.45) is 11.8 Å². The van der Waals surface area contributed by atoms with Gasteiger partial charge in [-0.2, -0.15) is 5.10 Å². The molecule has 2 aromatic carbocycles. The number of carbonyl (C=O) groups is 1. The van der Waals surface area contributed by atoms with Crippen molar-refractivity contribution in [2.75, 3.05) is 33.2 Å². The maximum atomic E-state index is 13.9. The highest BCUT2D eigenvalue weighted by molar-refractivity contribution is 5.95. The van der Waals surface area contributed by atoms with Crippen LogP contribution in [0.5, 0.6) is 0 Å². The lowest BCUT2D eigenvalue weighted by atomic mass is 9.89. The summed E-state index contributed by atoms with van der Waals surface area (Å²) in [4.78, 5) is 18.2. The van der Waals surface area contributed by atoms with Crippen LogP contribution >= 0.6 is 0 Å². The van der Waals surface area contributed by atoms with Crippen molar-refractivity contribution in [3.63, 3.8) is 0 Å². The molecule has 4 rings (SSSR count). The third-order valence-corrected chi connectivity index (χ3v) is 7.91. The van der Waals surface area contributed by atoms with Gasteiger partial charge in [0.2, 0.25) is 0 Å². The van der Waals surface area contributed by atoms with Crippen LogP contribution in [0.2, 0.25) is 0 Å². The highest BCUT2D eigenvalue weighted by atomic mass is 16.2. The van der Waals surface area contributed by atoms with Gasteiger partial charge < -0.3 is 9.80 Å². The van der Waals surface area contributed by atoms with Gasteiger partial charge in [0.25, 0.3) is 5.91 Å². The maximum Gasteiger partial charge on any atom is 0.251 e. The molecule has 1 N–H and O–H groups in total. The summed E-state index contributed by atoms with van der Waals surface area (Å²) in [5, 5.41) is 7.89. The molecule has 2 heterocycles. The number of carbonyl (C=O) groups excluding carboxylic acids is 1. The van der Waals surface area contributed by atoms with Crippen LogP contribution in [0.3, 0.4) is 0 Å². The van der Waals surface area contributed by atoms with Crippen molar-refractivity contribution >= 4 is 11.5 Å². The molecule has 0 aliphatic carbocycles. The molecule has 1 aliphatic heterocycles. The predicted octanol–water partition coefficient (Wildman–Crippen LogP) is 7.96. The Morgan fingerprint density at radius 2 is 1.64 bits per heavy atom. The lowest BCUT2D eigenvalue weighted by Crippen LogP contribution is -2.48. The van der Waals surface area contributed by atoms with Crippen molar-refractivity contribution in [3.05, 3.63) is 106 Å². The van der Waals surface area contributed by atoms with Crippen LogP contribution in [0, 0.1) is 30.6 Å². The maximum absolute atomic E-state index is 13.9. The summed E-state index contributed by atoms with van der Waals surface area (Å²) in [6.07, 6.45) is 5.45. The Morgan fingerprint density at radius 1 is 1.00 bits per heavy atom. The SMILES string of the molecule is CCC#CC(CC)/C(=C\C(CC(C)C)=C(/C)c1cc(Cc2ccccc2)[nH]n1)C(=O)N1CCN(C)CC1.Cc1ccccc1. The molecule has 1 aliphatic rings. The second-order valence-electron chi connectivity index (χ2n) is 12.2. The quantitative estimate of drug-likeness (QED) is 0.156. The first kappa shape index (κ1) is 34.6. The van der Waals surface area contributed by atoms with E-state index in [1.807, 2.05) is 29.2 Å². The molecule has 0 spiro atoms. The molecule has 1 saturated heterocycles. The molecule has 5 heteroatoms. The first-order valence-electron chi connectivity index (χ1n) is 16.2. The van der Waals surface area contributed by atoms with E-state index in [-0.39, 0.29) is 11.8 Å². The average molecular weight is 593 g/mol. The van der Waals surface area contributed by atoms with Crippen molar-refractivity contribution in [1.82, 2.24) is 20.0 Å². The first-order valence-corrected chi connectivity index (χ1v) is 16.2. The Hall–Kier alpha value is -3.88. The van der Waals surface area contributed by atoms with Crippen molar-refractivity contribution in [1.29, 1.82) is 0 Å². The summed E-state index contributed by atoms with van der Waals surface area (Å²) >= 11 is 0. The lowest BCUT2D eigenvalue weighted by Gasteiger charge is -2.33. The minimum absolute atomic E-state index is 0.0742. The second-order valence-corrected chi connectivity index (χ2v) is 12.2. The Morgan fingerprint density at radius 3 is 2.18 bits per heavy atom. The van der Waals surface area contributed by atoms with Gasteiger partial charge in [-0.25, -0.2) is 0 Å². The number of rotatable bonds is 9. The molecular formula is C39H52N4O. The molecule has 0 radical (unpaired) electrons. The molecule has 0 saturated carbocycles. The number of amides is 1. The van der Waals surface area contributed by atoms with E-state index in [9.17, 15) is 4.79 Å². The molecule has 1 fully saturated rings. The van der Waals surface area contributed by atoms with Crippen LogP contribution in [0.25, 0.3) is 5.57 Å². The summed E-state index contributed by atoms with van der Waals surface area (Å²) in [7, 11) is 2.11. The van der Waals surface area contributed by atoms with Crippen LogP contribution in [-0.2, 0) is 11.2 Å². The van der Waals surface area contributed by atoms with Gasteiger partial charge in [0.1, 0.15) is 0 Å². The van der Waals surface area contributed by atoms with Crippen molar-refractivity contribution in [2.45, 2.75) is 67.2 Å². The van der Waals surface area contributed by atoms with Gasteiger partial charge in [-0.3, -0.25) is 9.89 Å². The van der Waals surface area contributed by atoms with E-state index < -0.39 is 0 Å². The fourth-order valence-corrected chi connectivity index (χ4v) is 5.24. The molecule has 44 heavy (non-hydrogen) atoms. The highest BCUT2D eigenvalue weighted by Crippen LogP contribution is 2.28. The van der Waals surface area contributed by atoms with Crippen molar-refractivity contribution in [3.8, 4) is 11.8 Å². The van der Waals surface area contributed by atoms with Crippen LogP contribution in [0.1, 0.15) is 76.4 Å². The Labute approximate surface area is 266 Å². The number of aromatic nitrogens is 2. The molecule has 0 bridgehead atoms. The van der Waals surface area contributed by atoms with E-state index >= 15 is 0 Å². The number of nitrogens with one attached hydrogen (secondary N) is 1. The minimum Gasteiger partial charge on any atom is -0.336 e. The lowest BCUT2D eigenvalue weighted by molar-refractivity contribution is -0.129. The van der Waals surface area contributed by atoms with E-state index in [0.717, 1.165) is 74.4 Å². The largest absolute Gasteiger partial charge is 0.336 e. The summed E-state index contributed by atoms with van der Waals surface area (Å²) < 4.78 is 0. The van der Waals surface area contributed by atoms with Gasteiger partial charge >= 0.3 is 0 Å². The van der Waals surface area contributed by atoms with Gasteiger partial charge in [-0.15, -0.1) is 5.92 Å². The standard InChI is InChI=1S/C32H44N4O.C7H8/c1-7-9-15-27(8-2)30(32(37)36-18-16-35(6)17-19-36)22-28(20-24(3)4)25(5)31-23-29(33-34-31)21-26-13-11-10-12-14-26;1-7-5-3-2-4-6-7/h10-14,22-24,27H,7-8,16-21H2,1-6H3,(H,33,34);2-6H,1H3/b28-25+,30-22+;. The Bertz CT molecular complexity index is 1410. The molecule has 1 atom stereocenters. The second kappa shape index (κ2) is 18.0. The van der Waals surface area contributed by atoms with Crippen LogP contribution < -0.4 is 0 Å². The molecule has 1 unspecified atom stereocenters. The molecule has 1 aromatic heterocycles. The summed E-state index contributed by atoms with van der Waals surface area (Å²) in [5.74, 6) is 7.15. The molecular weight excluding hydrogens is 540 g/mol. The Balaban J connectivity index is 0.000000662. The fourth-order valence-electron chi connectivity index (χ4n) is 5.24. The molecule has 234 valence electrons. The van der Waals surface area contributed by atoms with Crippen molar-refractivity contribution < 1.29 is 4.79 Å². The summed E-state index contributed by atoms with van der Waals surface area (Å²) in [5.41, 5.74) is 7.71. The normalized spacial score (nSPS) is 15.1. The number of hydrogen-bond donors (Lipinski definition) is 1. The van der Waals surface area contributed by atoms with E-state index in [4.69, 9.17) is 0 Å². The van der Waals surface area contributed by atoms with Gasteiger partial charge in [0.15, 0.2) is 0 Å². The number of aromatic amines is 1. The zero-order valence-electron chi connectivity index (χ0n) is 28.0. The number of piperazine rings is 1. The number of nitrogens with zero attached hydrogens (tertiary/aromatic N) is 3. The Kier molecular flexibility index (Phi) is 14.2. The number of H-pyrrole nitrogens is 1. The minimum atomic E-state index is -0.0742. The zero-order chi connectivity index (χ0) is 31.9. The third kappa shape index (κ3) is 11.0. The van der Waals surface area contributed by atoms with Crippen LogP contribution in [-0.4, -0.2) is 59.1 Å². The number of benzene rings is 2. The summed E-state index contributed by atoms with van der Waals surface area (Å²) in [6, 6.07) is 22.8. The predicted molar refractivity (Wildman–Crippen MR) is 185 cm³/mol. The van der Waals surface area contributed by atoms with E-state index in [2.05, 4.69) is 124 Å². The monoisotopic (exact) mass is 592 g/mol. The molecule has 5 nitrogen and oxygen atoms in total. The van der Waals surface area contributed by atoms with Gasteiger partial charge in [-0.1, -0.05) is 99.8 Å². The smallest absolute Gasteiger partial charge is 0.251 e. The summed E-state index contributed by atoms with van der Waals surface area (Å²) in [6.45, 7) is 16.2. The number of hydrogen-bond acceptors (Lipinski definition) is 3. The van der Waals surface area contributed by atoms with Crippen LogP contribution in [0.4, 0.5) is 0 Å². The van der Waals surface area contributed by atoms with E-state index in [1.54, 1.807) is 0 Å². The third-order valence-electron chi connectivity index (χ3n) is 7.91. The van der Waals surface area contributed by atoms with E-state index in [0.29, 0.717) is 5.92 Å².